The lowest BCUT2D eigenvalue weighted by Gasteiger charge is -2.09. The fraction of sp³-hybridized carbons (Fsp3) is 0.438. The highest BCUT2D eigenvalue weighted by Gasteiger charge is 2.14. The third-order valence-corrected chi connectivity index (χ3v) is 3.17. The van der Waals surface area contributed by atoms with E-state index in [1.54, 1.807) is 26.0 Å². The summed E-state index contributed by atoms with van der Waals surface area (Å²) in [5, 5.41) is 0. The summed E-state index contributed by atoms with van der Waals surface area (Å²) in [6.07, 6.45) is 0.893. The number of methoxy groups -OCH3 is 1. The van der Waals surface area contributed by atoms with Crippen molar-refractivity contribution in [1.29, 1.82) is 0 Å². The van der Waals surface area contributed by atoms with Crippen LogP contribution in [-0.2, 0) is 20.7 Å². The highest BCUT2D eigenvalue weighted by molar-refractivity contribution is 6.07. The van der Waals surface area contributed by atoms with E-state index in [1.807, 2.05) is 12.1 Å². The molecule has 0 fully saturated rings. The van der Waals surface area contributed by atoms with E-state index in [4.69, 9.17) is 0 Å². The first kappa shape index (κ1) is 16.1. The quantitative estimate of drug-likeness (QED) is 0.436. The van der Waals surface area contributed by atoms with Gasteiger partial charge in [0.25, 0.3) is 0 Å². The van der Waals surface area contributed by atoms with Gasteiger partial charge in [-0.1, -0.05) is 38.1 Å². The van der Waals surface area contributed by atoms with Crippen LogP contribution in [0.4, 0.5) is 0 Å². The topological polar surface area (TPSA) is 60.4 Å². The summed E-state index contributed by atoms with van der Waals surface area (Å²) in [7, 11) is 1.37. The maximum Gasteiger partial charge on any atom is 0.308 e. The van der Waals surface area contributed by atoms with Crippen molar-refractivity contribution in [2.45, 2.75) is 33.1 Å². The van der Waals surface area contributed by atoms with Crippen LogP contribution in [0.3, 0.4) is 0 Å². The number of rotatable bonds is 7. The highest BCUT2D eigenvalue weighted by Crippen LogP contribution is 2.13. The molecule has 4 heteroatoms. The second kappa shape index (κ2) is 7.58. The van der Waals surface area contributed by atoms with Gasteiger partial charge in [-0.05, 0) is 12.0 Å². The standard InChI is InChI=1S/C16H20O4/c1-4-14(17)10-15(18)13-7-5-12(6-8-13)9-11(2)16(19)20-3/h5-8,11H,4,9-10H2,1-3H3. The smallest absolute Gasteiger partial charge is 0.308 e. The Labute approximate surface area is 119 Å². The van der Waals surface area contributed by atoms with Gasteiger partial charge < -0.3 is 4.74 Å². The van der Waals surface area contributed by atoms with E-state index < -0.39 is 0 Å². The van der Waals surface area contributed by atoms with Crippen molar-refractivity contribution in [2.75, 3.05) is 7.11 Å². The maximum atomic E-state index is 11.8. The molecule has 1 aromatic rings. The van der Waals surface area contributed by atoms with Gasteiger partial charge in [0.2, 0.25) is 0 Å². The minimum atomic E-state index is -0.251. The third kappa shape index (κ3) is 4.61. The number of hydrogen-bond donors (Lipinski definition) is 0. The molecule has 108 valence electrons. The maximum absolute atomic E-state index is 11.8. The van der Waals surface area contributed by atoms with E-state index in [9.17, 15) is 14.4 Å². The lowest BCUT2D eigenvalue weighted by Crippen LogP contribution is -2.15. The van der Waals surface area contributed by atoms with E-state index in [2.05, 4.69) is 4.74 Å². The lowest BCUT2D eigenvalue weighted by atomic mass is 9.98. The molecule has 1 atom stereocenters. The fourth-order valence-electron chi connectivity index (χ4n) is 1.87. The lowest BCUT2D eigenvalue weighted by molar-refractivity contribution is -0.144. The Balaban J connectivity index is 2.67. The van der Waals surface area contributed by atoms with Crippen LogP contribution in [0.25, 0.3) is 0 Å². The minimum absolute atomic E-state index is 0.0472. The SMILES string of the molecule is CCC(=O)CC(=O)c1ccc(CC(C)C(=O)OC)cc1. The Morgan fingerprint density at radius 2 is 1.75 bits per heavy atom. The van der Waals surface area contributed by atoms with E-state index in [1.165, 1.54) is 7.11 Å². The van der Waals surface area contributed by atoms with E-state index in [0.717, 1.165) is 5.56 Å². The van der Waals surface area contributed by atoms with Gasteiger partial charge in [-0.3, -0.25) is 14.4 Å². The van der Waals surface area contributed by atoms with Crippen molar-refractivity contribution in [3.8, 4) is 0 Å². The monoisotopic (exact) mass is 276 g/mol. The molecule has 1 unspecified atom stereocenters. The van der Waals surface area contributed by atoms with Crippen LogP contribution in [0.5, 0.6) is 0 Å². The third-order valence-electron chi connectivity index (χ3n) is 3.17. The van der Waals surface area contributed by atoms with Gasteiger partial charge in [0, 0.05) is 12.0 Å². The first-order valence-electron chi connectivity index (χ1n) is 6.69. The first-order valence-corrected chi connectivity index (χ1v) is 6.69. The molecule has 20 heavy (non-hydrogen) atoms. The van der Waals surface area contributed by atoms with Crippen LogP contribution < -0.4 is 0 Å². The molecule has 0 saturated heterocycles. The molecule has 0 radical (unpaired) electrons. The molecule has 0 saturated carbocycles. The normalized spacial score (nSPS) is 11.8. The molecular formula is C16H20O4. The number of ether oxygens (including phenoxy) is 1. The largest absolute Gasteiger partial charge is 0.469 e. The number of ketones is 2. The summed E-state index contributed by atoms with van der Waals surface area (Å²) < 4.78 is 4.67. The van der Waals surface area contributed by atoms with Crippen LogP contribution in [-0.4, -0.2) is 24.6 Å². The molecule has 0 heterocycles. The Bertz CT molecular complexity index is 488. The molecular weight excluding hydrogens is 256 g/mol. The minimum Gasteiger partial charge on any atom is -0.469 e. The molecule has 1 rings (SSSR count). The summed E-state index contributed by atoms with van der Waals surface area (Å²) in [6, 6.07) is 7.02. The van der Waals surface area contributed by atoms with Gasteiger partial charge in [-0.25, -0.2) is 0 Å². The molecule has 0 spiro atoms. The van der Waals surface area contributed by atoms with E-state index >= 15 is 0 Å². The van der Waals surface area contributed by atoms with Crippen LogP contribution in [0.15, 0.2) is 24.3 Å². The van der Waals surface area contributed by atoms with E-state index in [-0.39, 0.29) is 29.9 Å². The average molecular weight is 276 g/mol. The van der Waals surface area contributed by atoms with E-state index in [0.29, 0.717) is 18.4 Å². The first-order chi connectivity index (χ1) is 9.47. The van der Waals surface area contributed by atoms with Gasteiger partial charge in [0.05, 0.1) is 19.4 Å². The number of carbonyl (C=O) groups excluding carboxylic acids is 3. The van der Waals surface area contributed by atoms with Crippen LogP contribution in [0, 0.1) is 5.92 Å². The van der Waals surface area contributed by atoms with Gasteiger partial charge in [-0.15, -0.1) is 0 Å². The molecule has 0 amide bonds. The van der Waals surface area contributed by atoms with Crippen LogP contribution in [0.1, 0.15) is 42.6 Å². The zero-order valence-electron chi connectivity index (χ0n) is 12.1. The summed E-state index contributed by atoms with van der Waals surface area (Å²) >= 11 is 0. The molecule has 0 aliphatic heterocycles. The number of carbonyl (C=O) groups is 3. The van der Waals surface area contributed by atoms with Crippen molar-refractivity contribution in [1.82, 2.24) is 0 Å². The highest BCUT2D eigenvalue weighted by atomic mass is 16.5. The number of Topliss-reactive ketones (excluding diaryl/α,β-unsaturated/α-hetero) is 2. The van der Waals surface area contributed by atoms with Crippen LogP contribution >= 0.6 is 0 Å². The second-order valence-corrected chi connectivity index (χ2v) is 4.82. The zero-order chi connectivity index (χ0) is 15.1. The molecule has 0 aliphatic rings. The van der Waals surface area contributed by atoms with Gasteiger partial charge in [0.15, 0.2) is 5.78 Å². The summed E-state index contributed by atoms with van der Waals surface area (Å²) in [5.41, 5.74) is 1.49. The molecule has 0 bridgehead atoms. The molecule has 0 aliphatic carbocycles. The predicted molar refractivity (Wildman–Crippen MR) is 75.6 cm³/mol. The van der Waals surface area contributed by atoms with Crippen LogP contribution in [0.2, 0.25) is 0 Å². The predicted octanol–water partition coefficient (Wildman–Crippen LogP) is 2.59. The van der Waals surface area contributed by atoms with Gasteiger partial charge >= 0.3 is 5.97 Å². The fourth-order valence-corrected chi connectivity index (χ4v) is 1.87. The summed E-state index contributed by atoms with van der Waals surface area (Å²) in [4.78, 5) is 34.4. The number of esters is 1. The zero-order valence-corrected chi connectivity index (χ0v) is 12.1. The summed E-state index contributed by atoms with van der Waals surface area (Å²) in [5.74, 6) is -0.690. The average Bonchev–Trinajstić information content (AvgIpc) is 2.46. The molecule has 0 aromatic heterocycles. The molecule has 4 nitrogen and oxygen atoms in total. The Kier molecular flexibility index (Phi) is 6.10. The number of benzene rings is 1. The van der Waals surface area contributed by atoms with Crippen molar-refractivity contribution in [3.63, 3.8) is 0 Å². The Morgan fingerprint density at radius 3 is 2.25 bits per heavy atom. The van der Waals surface area contributed by atoms with Crippen molar-refractivity contribution in [2.24, 2.45) is 5.92 Å². The van der Waals surface area contributed by atoms with Crippen molar-refractivity contribution in [3.05, 3.63) is 35.4 Å². The Hall–Kier alpha value is -1.97. The summed E-state index contributed by atoms with van der Waals surface area (Å²) in [6.45, 7) is 3.54. The van der Waals surface area contributed by atoms with Crippen molar-refractivity contribution >= 4 is 17.5 Å². The Morgan fingerprint density at radius 1 is 1.15 bits per heavy atom. The number of hydrogen-bond acceptors (Lipinski definition) is 4. The molecule has 1 aromatic carbocycles. The second-order valence-electron chi connectivity index (χ2n) is 4.82. The van der Waals surface area contributed by atoms with Gasteiger partial charge in [-0.2, -0.15) is 0 Å². The van der Waals surface area contributed by atoms with Crippen molar-refractivity contribution < 1.29 is 19.1 Å². The molecule has 0 N–H and O–H groups in total. The van der Waals surface area contributed by atoms with Gasteiger partial charge in [0.1, 0.15) is 5.78 Å².